The standard InChI is InChI=1S/C19H17NO3S/c1-22-14-8-10-15(11-9-14)23-13-19(21)20-17-6-3-2-5-16(17)18-7-4-12-24-18/h2-12H,13H2,1H3,(H,20,21). The number of methoxy groups -OCH3 is 1. The fourth-order valence-corrected chi connectivity index (χ4v) is 3.01. The topological polar surface area (TPSA) is 47.6 Å². The molecule has 0 unspecified atom stereocenters. The van der Waals surface area contributed by atoms with Gasteiger partial charge in [0.2, 0.25) is 0 Å². The van der Waals surface area contributed by atoms with Crippen molar-refractivity contribution in [3.63, 3.8) is 0 Å². The van der Waals surface area contributed by atoms with Gasteiger partial charge in [-0.2, -0.15) is 0 Å². The first kappa shape index (κ1) is 16.1. The highest BCUT2D eigenvalue weighted by Crippen LogP contribution is 2.31. The van der Waals surface area contributed by atoms with Gasteiger partial charge in [0.25, 0.3) is 5.91 Å². The van der Waals surface area contributed by atoms with E-state index in [1.54, 1.807) is 42.7 Å². The Morgan fingerprint density at radius 1 is 1.00 bits per heavy atom. The molecule has 2 aromatic carbocycles. The van der Waals surface area contributed by atoms with Gasteiger partial charge in [0.1, 0.15) is 11.5 Å². The number of rotatable bonds is 6. The maximum absolute atomic E-state index is 12.2. The maximum Gasteiger partial charge on any atom is 0.262 e. The highest BCUT2D eigenvalue weighted by molar-refractivity contribution is 7.13. The van der Waals surface area contributed by atoms with Crippen LogP contribution in [0.15, 0.2) is 66.0 Å². The summed E-state index contributed by atoms with van der Waals surface area (Å²) in [5.41, 5.74) is 1.79. The van der Waals surface area contributed by atoms with E-state index in [9.17, 15) is 4.79 Å². The van der Waals surface area contributed by atoms with E-state index in [-0.39, 0.29) is 12.5 Å². The summed E-state index contributed by atoms with van der Waals surface area (Å²) < 4.78 is 10.6. The summed E-state index contributed by atoms with van der Waals surface area (Å²) >= 11 is 1.64. The van der Waals surface area contributed by atoms with E-state index >= 15 is 0 Å². The van der Waals surface area contributed by atoms with Crippen LogP contribution in [0.4, 0.5) is 5.69 Å². The van der Waals surface area contributed by atoms with Crippen LogP contribution in [0.2, 0.25) is 0 Å². The molecular weight excluding hydrogens is 322 g/mol. The minimum atomic E-state index is -0.199. The number of carbonyl (C=O) groups is 1. The molecule has 0 saturated carbocycles. The van der Waals surface area contributed by atoms with Crippen molar-refractivity contribution in [1.29, 1.82) is 0 Å². The van der Waals surface area contributed by atoms with Crippen LogP contribution in [0.1, 0.15) is 0 Å². The van der Waals surface area contributed by atoms with E-state index in [2.05, 4.69) is 5.32 Å². The molecule has 0 aliphatic carbocycles. The van der Waals surface area contributed by atoms with Crippen molar-refractivity contribution < 1.29 is 14.3 Å². The Morgan fingerprint density at radius 2 is 1.75 bits per heavy atom. The Balaban J connectivity index is 1.63. The Hall–Kier alpha value is -2.79. The molecule has 5 heteroatoms. The second-order valence-electron chi connectivity index (χ2n) is 5.04. The van der Waals surface area contributed by atoms with Gasteiger partial charge < -0.3 is 14.8 Å². The fourth-order valence-electron chi connectivity index (χ4n) is 2.25. The zero-order valence-corrected chi connectivity index (χ0v) is 14.0. The van der Waals surface area contributed by atoms with Gasteiger partial charge in [-0.3, -0.25) is 4.79 Å². The van der Waals surface area contributed by atoms with Gasteiger partial charge in [0, 0.05) is 16.1 Å². The van der Waals surface area contributed by atoms with E-state index in [1.807, 2.05) is 41.8 Å². The number of benzene rings is 2. The van der Waals surface area contributed by atoms with E-state index in [0.717, 1.165) is 21.9 Å². The minimum Gasteiger partial charge on any atom is -0.497 e. The Labute approximate surface area is 144 Å². The lowest BCUT2D eigenvalue weighted by Gasteiger charge is -2.11. The zero-order valence-electron chi connectivity index (χ0n) is 13.2. The molecule has 0 aliphatic heterocycles. The van der Waals surface area contributed by atoms with Crippen LogP contribution in [0.3, 0.4) is 0 Å². The molecule has 24 heavy (non-hydrogen) atoms. The summed E-state index contributed by atoms with van der Waals surface area (Å²) in [5.74, 6) is 1.17. The molecule has 0 bridgehead atoms. The first-order valence-corrected chi connectivity index (χ1v) is 8.34. The van der Waals surface area contributed by atoms with Gasteiger partial charge in [0.05, 0.1) is 7.11 Å². The number of thiophene rings is 1. The first-order valence-electron chi connectivity index (χ1n) is 7.46. The van der Waals surface area contributed by atoms with E-state index in [0.29, 0.717) is 5.75 Å². The van der Waals surface area contributed by atoms with Crippen LogP contribution in [-0.2, 0) is 4.79 Å². The Morgan fingerprint density at radius 3 is 2.46 bits per heavy atom. The van der Waals surface area contributed by atoms with Crippen molar-refractivity contribution in [1.82, 2.24) is 0 Å². The molecule has 0 radical (unpaired) electrons. The lowest BCUT2D eigenvalue weighted by Crippen LogP contribution is -2.20. The SMILES string of the molecule is COc1ccc(OCC(=O)Nc2ccccc2-c2cccs2)cc1. The average molecular weight is 339 g/mol. The molecule has 0 spiro atoms. The third-order valence-corrected chi connectivity index (χ3v) is 4.32. The van der Waals surface area contributed by atoms with Crippen molar-refractivity contribution in [3.8, 4) is 21.9 Å². The van der Waals surface area contributed by atoms with Crippen LogP contribution < -0.4 is 14.8 Å². The smallest absolute Gasteiger partial charge is 0.262 e. The lowest BCUT2D eigenvalue weighted by atomic mass is 10.1. The highest BCUT2D eigenvalue weighted by Gasteiger charge is 2.09. The van der Waals surface area contributed by atoms with Gasteiger partial charge >= 0.3 is 0 Å². The number of ether oxygens (including phenoxy) is 2. The van der Waals surface area contributed by atoms with Gasteiger partial charge in [0.15, 0.2) is 6.61 Å². The third-order valence-electron chi connectivity index (χ3n) is 3.42. The number of para-hydroxylation sites is 1. The summed E-state index contributed by atoms with van der Waals surface area (Å²) in [7, 11) is 1.61. The predicted molar refractivity (Wildman–Crippen MR) is 96.9 cm³/mol. The number of carbonyl (C=O) groups excluding carboxylic acids is 1. The predicted octanol–water partition coefficient (Wildman–Crippen LogP) is 4.44. The van der Waals surface area contributed by atoms with Crippen molar-refractivity contribution in [2.45, 2.75) is 0 Å². The van der Waals surface area contributed by atoms with Gasteiger partial charge in [-0.1, -0.05) is 24.3 Å². The molecule has 122 valence electrons. The van der Waals surface area contributed by atoms with E-state index in [4.69, 9.17) is 9.47 Å². The number of nitrogens with one attached hydrogen (secondary N) is 1. The van der Waals surface area contributed by atoms with E-state index < -0.39 is 0 Å². The molecular formula is C19H17NO3S. The molecule has 0 fully saturated rings. The Bertz CT molecular complexity index is 798. The van der Waals surface area contributed by atoms with Crippen LogP contribution >= 0.6 is 11.3 Å². The van der Waals surface area contributed by atoms with Gasteiger partial charge in [-0.15, -0.1) is 11.3 Å². The molecule has 1 aromatic heterocycles. The van der Waals surface area contributed by atoms with Crippen molar-refractivity contribution >= 4 is 22.9 Å². The summed E-state index contributed by atoms with van der Waals surface area (Å²) in [5, 5.41) is 4.92. The molecule has 3 aromatic rings. The van der Waals surface area contributed by atoms with Crippen molar-refractivity contribution in [2.75, 3.05) is 19.0 Å². The molecule has 1 heterocycles. The number of hydrogen-bond acceptors (Lipinski definition) is 4. The number of hydrogen-bond donors (Lipinski definition) is 1. The molecule has 0 aliphatic rings. The van der Waals surface area contributed by atoms with Crippen molar-refractivity contribution in [3.05, 3.63) is 66.0 Å². The second-order valence-corrected chi connectivity index (χ2v) is 5.98. The number of anilines is 1. The Kier molecular flexibility index (Phi) is 5.13. The average Bonchev–Trinajstić information content (AvgIpc) is 3.15. The molecule has 0 atom stereocenters. The monoisotopic (exact) mass is 339 g/mol. The molecule has 4 nitrogen and oxygen atoms in total. The van der Waals surface area contributed by atoms with E-state index in [1.165, 1.54) is 0 Å². The van der Waals surface area contributed by atoms with Crippen LogP contribution in [0, 0.1) is 0 Å². The molecule has 1 amide bonds. The summed E-state index contributed by atoms with van der Waals surface area (Å²) in [6.45, 7) is -0.0505. The first-order chi connectivity index (χ1) is 11.8. The maximum atomic E-state index is 12.2. The fraction of sp³-hybridized carbons (Fsp3) is 0.105. The van der Waals surface area contributed by atoms with Crippen LogP contribution in [-0.4, -0.2) is 19.6 Å². The molecule has 1 N–H and O–H groups in total. The van der Waals surface area contributed by atoms with Gasteiger partial charge in [-0.25, -0.2) is 0 Å². The van der Waals surface area contributed by atoms with Gasteiger partial charge in [-0.05, 0) is 41.8 Å². The highest BCUT2D eigenvalue weighted by atomic mass is 32.1. The van der Waals surface area contributed by atoms with Crippen molar-refractivity contribution in [2.24, 2.45) is 0 Å². The summed E-state index contributed by atoms with van der Waals surface area (Å²) in [6.07, 6.45) is 0. The summed E-state index contributed by atoms with van der Waals surface area (Å²) in [4.78, 5) is 13.3. The zero-order chi connectivity index (χ0) is 16.8. The third kappa shape index (κ3) is 3.94. The quantitative estimate of drug-likeness (QED) is 0.722. The second kappa shape index (κ2) is 7.66. The largest absolute Gasteiger partial charge is 0.497 e. The minimum absolute atomic E-state index is 0.0505. The normalized spacial score (nSPS) is 10.2. The summed E-state index contributed by atoms with van der Waals surface area (Å²) in [6, 6.07) is 18.9. The van der Waals surface area contributed by atoms with Crippen LogP contribution in [0.5, 0.6) is 11.5 Å². The lowest BCUT2D eigenvalue weighted by molar-refractivity contribution is -0.118. The van der Waals surface area contributed by atoms with Crippen LogP contribution in [0.25, 0.3) is 10.4 Å². The number of amides is 1. The molecule has 0 saturated heterocycles. The molecule has 3 rings (SSSR count).